The fourth-order valence-electron chi connectivity index (χ4n) is 3.89. The molecule has 2 aromatic carbocycles. The Hall–Kier alpha value is -3.84. The first-order valence-electron chi connectivity index (χ1n) is 10.5. The van der Waals surface area contributed by atoms with Crippen LogP contribution >= 0.6 is 11.8 Å². The molecule has 0 saturated carbocycles. The maximum absolute atomic E-state index is 13.5. The van der Waals surface area contributed by atoms with E-state index in [0.717, 1.165) is 22.1 Å². The fourth-order valence-corrected chi connectivity index (χ4v) is 4.83. The van der Waals surface area contributed by atoms with Crippen LogP contribution in [0, 0.1) is 0 Å². The Kier molecular flexibility index (Phi) is 5.48. The van der Waals surface area contributed by atoms with E-state index in [4.69, 9.17) is 0 Å². The predicted molar refractivity (Wildman–Crippen MR) is 132 cm³/mol. The van der Waals surface area contributed by atoms with Crippen molar-refractivity contribution < 1.29 is 9.59 Å². The number of aromatic nitrogens is 2. The van der Waals surface area contributed by atoms with E-state index in [1.165, 1.54) is 16.7 Å². The monoisotopic (exact) mass is 454 g/mol. The molecule has 164 valence electrons. The zero-order chi connectivity index (χ0) is 22.9. The molecule has 1 aliphatic rings. The van der Waals surface area contributed by atoms with Gasteiger partial charge in [-0.05, 0) is 23.3 Å². The first-order chi connectivity index (χ1) is 16.0. The van der Waals surface area contributed by atoms with Crippen LogP contribution in [-0.2, 0) is 0 Å². The Morgan fingerprint density at radius 3 is 2.58 bits per heavy atom. The van der Waals surface area contributed by atoms with Gasteiger partial charge in [-0.2, -0.15) is 0 Å². The third-order valence-electron chi connectivity index (χ3n) is 5.59. The number of nitrogens with zero attached hydrogens (tertiary/aromatic N) is 3. The van der Waals surface area contributed by atoms with E-state index in [-0.39, 0.29) is 17.2 Å². The minimum atomic E-state index is -0.208. The Morgan fingerprint density at radius 2 is 1.85 bits per heavy atom. The van der Waals surface area contributed by atoms with Gasteiger partial charge in [-0.3, -0.25) is 14.3 Å². The lowest BCUT2D eigenvalue weighted by Gasteiger charge is -2.12. The first-order valence-corrected chi connectivity index (χ1v) is 11.5. The number of Topliss-reactive ketones (excluding diaryl/α,β-unsaturated/α-hetero) is 1. The highest BCUT2D eigenvalue weighted by molar-refractivity contribution is 8.02. The van der Waals surface area contributed by atoms with Crippen molar-refractivity contribution in [3.63, 3.8) is 0 Å². The highest BCUT2D eigenvalue weighted by Gasteiger charge is 2.27. The molecule has 0 radical (unpaired) electrons. The minimum Gasteiger partial charge on any atom is -0.366 e. The Labute approximate surface area is 195 Å². The molecule has 7 heteroatoms. The number of rotatable bonds is 4. The largest absolute Gasteiger partial charge is 0.366 e. The molecule has 3 heterocycles. The number of amides is 1. The molecule has 1 N–H and O–H groups in total. The van der Waals surface area contributed by atoms with Gasteiger partial charge < -0.3 is 10.2 Å². The van der Waals surface area contributed by atoms with Gasteiger partial charge in [0.15, 0.2) is 0 Å². The maximum atomic E-state index is 13.5. The van der Waals surface area contributed by atoms with Gasteiger partial charge in [0, 0.05) is 49.0 Å². The smallest absolute Gasteiger partial charge is 0.328 e. The number of carbonyl (C=O) groups excluding carboxylic acids is 2. The molecule has 6 nitrogen and oxygen atoms in total. The van der Waals surface area contributed by atoms with Crippen LogP contribution in [0.25, 0.3) is 22.0 Å². The molecule has 0 fully saturated rings. The highest BCUT2D eigenvalue weighted by Crippen LogP contribution is 2.36. The van der Waals surface area contributed by atoms with Crippen LogP contribution in [0.1, 0.15) is 21.3 Å². The zero-order valence-corrected chi connectivity index (χ0v) is 19.0. The lowest BCUT2D eigenvalue weighted by Crippen LogP contribution is -2.26. The summed E-state index contributed by atoms with van der Waals surface area (Å²) in [5, 5.41) is 5.81. The SMILES string of the molecule is CN(C)C(=O)n1cc(C(=O)C2=CSC(c3cccnc3)N2)c2ccc(-c3ccccc3)cc21. The molecule has 33 heavy (non-hydrogen) atoms. The van der Waals surface area contributed by atoms with Crippen molar-refractivity contribution in [2.45, 2.75) is 5.37 Å². The summed E-state index contributed by atoms with van der Waals surface area (Å²) in [5.74, 6) is -0.142. The van der Waals surface area contributed by atoms with E-state index in [2.05, 4.69) is 10.3 Å². The molecule has 2 aromatic heterocycles. The van der Waals surface area contributed by atoms with E-state index < -0.39 is 0 Å². The van der Waals surface area contributed by atoms with Gasteiger partial charge in [-0.25, -0.2) is 4.79 Å². The summed E-state index contributed by atoms with van der Waals surface area (Å²) >= 11 is 1.53. The zero-order valence-electron chi connectivity index (χ0n) is 18.2. The number of hydrogen-bond acceptors (Lipinski definition) is 5. The van der Waals surface area contributed by atoms with Crippen molar-refractivity contribution in [1.82, 2.24) is 19.8 Å². The summed E-state index contributed by atoms with van der Waals surface area (Å²) in [6.07, 6.45) is 5.16. The molecule has 1 aliphatic heterocycles. The normalized spacial score (nSPS) is 15.2. The van der Waals surface area contributed by atoms with Crippen molar-refractivity contribution in [1.29, 1.82) is 0 Å². The first kappa shape index (κ1) is 21.0. The Morgan fingerprint density at radius 1 is 1.03 bits per heavy atom. The lowest BCUT2D eigenvalue weighted by molar-refractivity contribution is 0.102. The summed E-state index contributed by atoms with van der Waals surface area (Å²) in [5.41, 5.74) is 4.74. The molecule has 1 unspecified atom stereocenters. The van der Waals surface area contributed by atoms with E-state index in [0.29, 0.717) is 16.8 Å². The molecule has 4 aromatic rings. The quantitative estimate of drug-likeness (QED) is 0.424. The summed E-state index contributed by atoms with van der Waals surface area (Å²) in [4.78, 5) is 32.1. The summed E-state index contributed by atoms with van der Waals surface area (Å²) in [6.45, 7) is 0. The van der Waals surface area contributed by atoms with Crippen molar-refractivity contribution >= 4 is 34.5 Å². The standard InChI is InChI=1S/C26H22N4O2S/c1-29(2)26(32)30-15-21(20-11-10-18(13-23(20)30)17-7-4-3-5-8-17)24(31)22-16-33-25(28-22)19-9-6-12-27-14-19/h3-16,25,28H,1-2H3. The summed E-state index contributed by atoms with van der Waals surface area (Å²) in [6, 6.07) is 19.5. The van der Waals surface area contributed by atoms with Crippen molar-refractivity contribution in [3.05, 3.63) is 101 Å². The number of fused-ring (bicyclic) bond motifs is 1. The summed E-state index contributed by atoms with van der Waals surface area (Å²) in [7, 11) is 3.40. The molecule has 0 spiro atoms. The highest BCUT2D eigenvalue weighted by atomic mass is 32.2. The fraction of sp³-hybridized carbons (Fsp3) is 0.115. The average Bonchev–Trinajstić information content (AvgIpc) is 3.49. The van der Waals surface area contributed by atoms with Crippen LogP contribution < -0.4 is 5.32 Å². The van der Waals surface area contributed by atoms with Gasteiger partial charge in [0.25, 0.3) is 0 Å². The molecule has 0 saturated heterocycles. The second-order valence-corrected chi connectivity index (χ2v) is 8.97. The second-order valence-electron chi connectivity index (χ2n) is 8.00. The number of benzene rings is 2. The number of hydrogen-bond donors (Lipinski definition) is 1. The molecule has 1 atom stereocenters. The number of nitrogens with one attached hydrogen (secondary N) is 1. The molecule has 0 bridgehead atoms. The van der Waals surface area contributed by atoms with Crippen LogP contribution in [0.4, 0.5) is 4.79 Å². The predicted octanol–water partition coefficient (Wildman–Crippen LogP) is 5.29. The van der Waals surface area contributed by atoms with Gasteiger partial charge in [-0.1, -0.05) is 48.5 Å². The topological polar surface area (TPSA) is 67.2 Å². The van der Waals surface area contributed by atoms with Crippen molar-refractivity contribution in [2.75, 3.05) is 14.1 Å². The summed E-state index contributed by atoms with van der Waals surface area (Å²) < 4.78 is 1.55. The molecule has 0 aliphatic carbocycles. The van der Waals surface area contributed by atoms with E-state index in [1.54, 1.807) is 37.3 Å². The third-order valence-corrected chi connectivity index (χ3v) is 6.62. The Bertz CT molecular complexity index is 1380. The number of thioether (sulfide) groups is 1. The van der Waals surface area contributed by atoms with Gasteiger partial charge >= 0.3 is 6.03 Å². The molecular formula is C26H22N4O2S. The van der Waals surface area contributed by atoms with Crippen molar-refractivity contribution in [3.8, 4) is 11.1 Å². The maximum Gasteiger partial charge on any atom is 0.328 e. The van der Waals surface area contributed by atoms with E-state index in [9.17, 15) is 9.59 Å². The molecule has 1 amide bonds. The number of allylic oxidation sites excluding steroid dienone is 1. The average molecular weight is 455 g/mol. The molecular weight excluding hydrogens is 432 g/mol. The van der Waals surface area contributed by atoms with Crippen LogP contribution in [0.5, 0.6) is 0 Å². The minimum absolute atomic E-state index is 0.0703. The Balaban J connectivity index is 1.54. The van der Waals surface area contributed by atoms with E-state index >= 15 is 0 Å². The second kappa shape index (κ2) is 8.60. The third kappa shape index (κ3) is 3.91. The number of carbonyl (C=O) groups is 2. The molecule has 5 rings (SSSR count). The van der Waals surface area contributed by atoms with Crippen LogP contribution in [0.15, 0.2) is 90.4 Å². The van der Waals surface area contributed by atoms with Crippen LogP contribution in [-0.4, -0.2) is 40.4 Å². The van der Waals surface area contributed by atoms with Crippen LogP contribution in [0.3, 0.4) is 0 Å². The van der Waals surface area contributed by atoms with Gasteiger partial charge in [0.1, 0.15) is 5.37 Å². The lowest BCUT2D eigenvalue weighted by atomic mass is 10.0. The van der Waals surface area contributed by atoms with Crippen LogP contribution in [0.2, 0.25) is 0 Å². The van der Waals surface area contributed by atoms with Gasteiger partial charge in [0.05, 0.1) is 16.8 Å². The van der Waals surface area contributed by atoms with Gasteiger partial charge in [-0.15, -0.1) is 11.8 Å². The number of ketones is 1. The van der Waals surface area contributed by atoms with E-state index in [1.807, 2.05) is 66.1 Å². The van der Waals surface area contributed by atoms with Crippen molar-refractivity contribution in [2.24, 2.45) is 0 Å². The van der Waals surface area contributed by atoms with Gasteiger partial charge in [0.2, 0.25) is 5.78 Å². The number of pyridine rings is 1.